The average Bonchev–Trinajstić information content (AvgIpc) is 2.63. The molecule has 0 aliphatic carbocycles. The van der Waals surface area contributed by atoms with Gasteiger partial charge in [0.2, 0.25) is 0 Å². The first-order valence-electron chi connectivity index (χ1n) is 4.01. The molecule has 0 spiro atoms. The summed E-state index contributed by atoms with van der Waals surface area (Å²) >= 11 is 11.7. The standard InChI is InChI=1S/C10H7ClOS2/c11-3-7-5-14-10-6(4-12)1-2-8(13)9(7)10/h1-2,4-5,13H,3H2. The third kappa shape index (κ3) is 1.45. The highest BCUT2D eigenvalue weighted by atomic mass is 35.5. The Balaban J connectivity index is 2.86. The number of hydrogen-bond acceptors (Lipinski definition) is 3. The van der Waals surface area contributed by atoms with Crippen molar-refractivity contribution >= 4 is 51.9 Å². The van der Waals surface area contributed by atoms with Gasteiger partial charge in [0.05, 0.1) is 0 Å². The van der Waals surface area contributed by atoms with E-state index < -0.39 is 0 Å². The maximum Gasteiger partial charge on any atom is 0.151 e. The molecule has 0 unspecified atom stereocenters. The Labute approximate surface area is 96.1 Å². The van der Waals surface area contributed by atoms with Crippen molar-refractivity contribution in [2.45, 2.75) is 10.8 Å². The lowest BCUT2D eigenvalue weighted by molar-refractivity contribution is 0.112. The number of halogens is 1. The summed E-state index contributed by atoms with van der Waals surface area (Å²) in [6, 6.07) is 3.62. The molecule has 0 saturated heterocycles. The molecule has 14 heavy (non-hydrogen) atoms. The van der Waals surface area contributed by atoms with Crippen LogP contribution in [-0.4, -0.2) is 6.29 Å². The third-order valence-corrected chi connectivity index (χ3v) is 3.82. The van der Waals surface area contributed by atoms with Gasteiger partial charge in [-0.15, -0.1) is 35.6 Å². The predicted molar refractivity (Wildman–Crippen MR) is 64.0 cm³/mol. The highest BCUT2D eigenvalue weighted by Gasteiger charge is 2.09. The smallest absolute Gasteiger partial charge is 0.151 e. The van der Waals surface area contributed by atoms with Gasteiger partial charge in [0.25, 0.3) is 0 Å². The van der Waals surface area contributed by atoms with Crippen molar-refractivity contribution < 1.29 is 4.79 Å². The Bertz CT molecular complexity index is 490. The summed E-state index contributed by atoms with van der Waals surface area (Å²) < 4.78 is 0.975. The van der Waals surface area contributed by atoms with Crippen LogP contribution >= 0.6 is 35.6 Å². The van der Waals surface area contributed by atoms with Crippen LogP contribution in [0, 0.1) is 0 Å². The third-order valence-electron chi connectivity index (χ3n) is 2.08. The van der Waals surface area contributed by atoms with Crippen LogP contribution in [-0.2, 0) is 5.88 Å². The molecule has 0 amide bonds. The average molecular weight is 243 g/mol. The zero-order valence-electron chi connectivity index (χ0n) is 7.16. The lowest BCUT2D eigenvalue weighted by Crippen LogP contribution is -1.82. The molecule has 0 aliphatic heterocycles. The minimum absolute atomic E-state index is 0.454. The number of hydrogen-bond donors (Lipinski definition) is 1. The molecule has 1 aromatic carbocycles. The molecule has 1 nitrogen and oxygen atoms in total. The molecule has 2 rings (SSSR count). The highest BCUT2D eigenvalue weighted by molar-refractivity contribution is 7.80. The minimum Gasteiger partial charge on any atom is -0.298 e. The minimum atomic E-state index is 0.454. The van der Waals surface area contributed by atoms with E-state index >= 15 is 0 Å². The molecule has 1 aromatic heterocycles. The molecule has 0 bridgehead atoms. The monoisotopic (exact) mass is 242 g/mol. The van der Waals surface area contributed by atoms with Gasteiger partial charge in [0, 0.05) is 26.4 Å². The van der Waals surface area contributed by atoms with Crippen molar-refractivity contribution in [1.29, 1.82) is 0 Å². The first-order chi connectivity index (χ1) is 6.77. The van der Waals surface area contributed by atoms with E-state index in [2.05, 4.69) is 12.6 Å². The van der Waals surface area contributed by atoms with E-state index in [1.807, 2.05) is 11.4 Å². The predicted octanol–water partition coefficient (Wildman–Crippen LogP) is 3.74. The molecule has 1 heterocycles. The molecule has 0 N–H and O–H groups in total. The Morgan fingerprint density at radius 1 is 1.50 bits per heavy atom. The zero-order valence-corrected chi connectivity index (χ0v) is 9.63. The summed E-state index contributed by atoms with van der Waals surface area (Å²) in [7, 11) is 0. The number of rotatable bonds is 2. The van der Waals surface area contributed by atoms with Crippen molar-refractivity contribution in [2.75, 3.05) is 0 Å². The van der Waals surface area contributed by atoms with E-state index in [4.69, 9.17) is 11.6 Å². The largest absolute Gasteiger partial charge is 0.298 e. The fourth-order valence-corrected chi connectivity index (χ4v) is 3.19. The number of thiol groups is 1. The van der Waals surface area contributed by atoms with Gasteiger partial charge in [-0.1, -0.05) is 0 Å². The fourth-order valence-electron chi connectivity index (χ4n) is 1.41. The van der Waals surface area contributed by atoms with Crippen molar-refractivity contribution in [2.24, 2.45) is 0 Å². The van der Waals surface area contributed by atoms with Crippen LogP contribution in [0.25, 0.3) is 10.1 Å². The molecular weight excluding hydrogens is 236 g/mol. The van der Waals surface area contributed by atoms with Crippen molar-refractivity contribution in [3.8, 4) is 0 Å². The van der Waals surface area contributed by atoms with Crippen LogP contribution in [0.3, 0.4) is 0 Å². The van der Waals surface area contributed by atoms with Crippen LogP contribution in [0.2, 0.25) is 0 Å². The number of fused-ring (bicyclic) bond motifs is 1. The first-order valence-corrected chi connectivity index (χ1v) is 5.87. The number of thiophene rings is 1. The maximum absolute atomic E-state index is 10.8. The second-order valence-electron chi connectivity index (χ2n) is 2.89. The topological polar surface area (TPSA) is 17.1 Å². The lowest BCUT2D eigenvalue weighted by Gasteiger charge is -1.99. The van der Waals surface area contributed by atoms with Crippen molar-refractivity contribution in [1.82, 2.24) is 0 Å². The van der Waals surface area contributed by atoms with Gasteiger partial charge in [-0.3, -0.25) is 4.79 Å². The van der Waals surface area contributed by atoms with E-state index in [0.717, 1.165) is 26.8 Å². The van der Waals surface area contributed by atoms with E-state index in [0.29, 0.717) is 11.4 Å². The Morgan fingerprint density at radius 2 is 2.29 bits per heavy atom. The summed E-state index contributed by atoms with van der Waals surface area (Å²) in [5, 5.41) is 2.99. The Kier molecular flexibility index (Phi) is 2.81. The molecule has 0 saturated carbocycles. The summed E-state index contributed by atoms with van der Waals surface area (Å²) in [5.41, 5.74) is 1.75. The van der Waals surface area contributed by atoms with Gasteiger partial charge in [-0.05, 0) is 23.1 Å². The van der Waals surface area contributed by atoms with E-state index in [9.17, 15) is 4.79 Å². The molecule has 0 aliphatic rings. The van der Waals surface area contributed by atoms with Gasteiger partial charge < -0.3 is 0 Å². The summed E-state index contributed by atoms with van der Waals surface area (Å²) in [6.07, 6.45) is 0.865. The Morgan fingerprint density at radius 3 is 2.93 bits per heavy atom. The van der Waals surface area contributed by atoms with Crippen molar-refractivity contribution in [3.63, 3.8) is 0 Å². The van der Waals surface area contributed by atoms with Crippen LogP contribution < -0.4 is 0 Å². The number of carbonyl (C=O) groups is 1. The van der Waals surface area contributed by atoms with Gasteiger partial charge in [0.1, 0.15) is 0 Å². The van der Waals surface area contributed by atoms with Crippen LogP contribution in [0.1, 0.15) is 15.9 Å². The van der Waals surface area contributed by atoms with Gasteiger partial charge >= 0.3 is 0 Å². The van der Waals surface area contributed by atoms with Gasteiger partial charge in [0.15, 0.2) is 6.29 Å². The summed E-state index contributed by atoms with van der Waals surface area (Å²) in [5.74, 6) is 0.454. The van der Waals surface area contributed by atoms with E-state index in [-0.39, 0.29) is 0 Å². The lowest BCUT2D eigenvalue weighted by atomic mass is 10.1. The van der Waals surface area contributed by atoms with Crippen molar-refractivity contribution in [3.05, 3.63) is 28.6 Å². The first kappa shape index (κ1) is 10.0. The Hall–Kier alpha value is -0.510. The molecule has 0 radical (unpaired) electrons. The second-order valence-corrected chi connectivity index (χ2v) is 4.52. The number of benzene rings is 1. The van der Waals surface area contributed by atoms with Crippen LogP contribution in [0.15, 0.2) is 22.4 Å². The second kappa shape index (κ2) is 3.93. The molecule has 2 aromatic rings. The highest BCUT2D eigenvalue weighted by Crippen LogP contribution is 2.34. The summed E-state index contributed by atoms with van der Waals surface area (Å²) in [4.78, 5) is 11.7. The normalized spacial score (nSPS) is 10.7. The summed E-state index contributed by atoms with van der Waals surface area (Å²) in [6.45, 7) is 0. The number of alkyl halides is 1. The molecular formula is C10H7ClOS2. The van der Waals surface area contributed by atoms with Crippen LogP contribution in [0.5, 0.6) is 0 Å². The quantitative estimate of drug-likeness (QED) is 0.482. The van der Waals surface area contributed by atoms with Crippen LogP contribution in [0.4, 0.5) is 0 Å². The molecule has 0 fully saturated rings. The number of aldehydes is 1. The van der Waals surface area contributed by atoms with Gasteiger partial charge in [-0.25, -0.2) is 0 Å². The van der Waals surface area contributed by atoms with E-state index in [1.54, 1.807) is 6.07 Å². The zero-order chi connectivity index (χ0) is 10.1. The molecule has 0 atom stereocenters. The number of carbonyl (C=O) groups excluding carboxylic acids is 1. The van der Waals surface area contributed by atoms with Gasteiger partial charge in [-0.2, -0.15) is 0 Å². The molecule has 4 heteroatoms. The molecule has 72 valence electrons. The maximum atomic E-state index is 10.8. The fraction of sp³-hybridized carbons (Fsp3) is 0.100. The van der Waals surface area contributed by atoms with E-state index in [1.165, 1.54) is 11.3 Å². The SMILES string of the molecule is O=Cc1ccc(S)c2c(CCl)csc12.